The van der Waals surface area contributed by atoms with Crippen LogP contribution in [0.3, 0.4) is 0 Å². The molecular formula is C14H25NO4S. The summed E-state index contributed by atoms with van der Waals surface area (Å²) in [4.78, 5) is 12.4. The quantitative estimate of drug-likeness (QED) is 0.815. The number of hydrogen-bond donors (Lipinski definition) is 2. The zero-order chi connectivity index (χ0) is 14.8. The van der Waals surface area contributed by atoms with Gasteiger partial charge in [-0.05, 0) is 31.6 Å². The fourth-order valence-corrected chi connectivity index (χ4v) is 5.35. The highest BCUT2D eigenvalue weighted by atomic mass is 32.2. The van der Waals surface area contributed by atoms with Gasteiger partial charge in [-0.3, -0.25) is 4.79 Å². The van der Waals surface area contributed by atoms with Crippen LogP contribution in [0, 0.1) is 5.92 Å². The molecule has 2 rings (SSSR count). The normalized spacial score (nSPS) is 37.3. The third-order valence-electron chi connectivity index (χ3n) is 4.65. The zero-order valence-corrected chi connectivity index (χ0v) is 12.9. The molecule has 1 amide bonds. The Balaban J connectivity index is 2.09. The summed E-state index contributed by atoms with van der Waals surface area (Å²) in [5.41, 5.74) is -0.623. The monoisotopic (exact) mass is 303 g/mol. The summed E-state index contributed by atoms with van der Waals surface area (Å²) in [6.45, 7) is 1.99. The number of aliphatic hydroxyl groups excluding tert-OH is 1. The average Bonchev–Trinajstić information content (AvgIpc) is 2.38. The molecule has 1 saturated heterocycles. The van der Waals surface area contributed by atoms with E-state index in [9.17, 15) is 18.3 Å². The number of carbonyl (C=O) groups excluding carboxylic acids is 1. The number of amides is 1. The van der Waals surface area contributed by atoms with E-state index < -0.39 is 26.5 Å². The van der Waals surface area contributed by atoms with Crippen molar-refractivity contribution >= 4 is 15.7 Å². The maximum atomic E-state index is 12.4. The van der Waals surface area contributed by atoms with Gasteiger partial charge < -0.3 is 10.4 Å². The van der Waals surface area contributed by atoms with Crippen molar-refractivity contribution in [3.05, 3.63) is 0 Å². The second-order valence-corrected chi connectivity index (χ2v) is 8.78. The molecule has 3 unspecified atom stereocenters. The molecule has 2 N–H and O–H groups in total. The first-order valence-corrected chi connectivity index (χ1v) is 9.24. The van der Waals surface area contributed by atoms with Gasteiger partial charge in [0.2, 0.25) is 5.91 Å². The van der Waals surface area contributed by atoms with Crippen LogP contribution in [0.5, 0.6) is 0 Å². The van der Waals surface area contributed by atoms with E-state index in [1.54, 1.807) is 0 Å². The largest absolute Gasteiger partial charge is 0.394 e. The Labute approximate surface area is 121 Å². The molecule has 0 aromatic rings. The lowest BCUT2D eigenvalue weighted by Crippen LogP contribution is -2.57. The topological polar surface area (TPSA) is 83.5 Å². The van der Waals surface area contributed by atoms with E-state index in [0.29, 0.717) is 18.8 Å². The van der Waals surface area contributed by atoms with E-state index in [1.807, 2.05) is 0 Å². The second kappa shape index (κ2) is 6.02. The molecule has 0 bridgehead atoms. The Kier molecular flexibility index (Phi) is 4.74. The van der Waals surface area contributed by atoms with Crippen LogP contribution >= 0.6 is 0 Å². The number of hydrogen-bond acceptors (Lipinski definition) is 4. The van der Waals surface area contributed by atoms with Crippen molar-refractivity contribution < 1.29 is 18.3 Å². The lowest BCUT2D eigenvalue weighted by atomic mass is 9.76. The molecule has 1 aliphatic heterocycles. The molecule has 1 aliphatic carbocycles. The average molecular weight is 303 g/mol. The van der Waals surface area contributed by atoms with Crippen molar-refractivity contribution in [2.45, 2.75) is 62.7 Å². The lowest BCUT2D eigenvalue weighted by molar-refractivity contribution is -0.124. The van der Waals surface area contributed by atoms with Crippen LogP contribution < -0.4 is 5.32 Å². The molecule has 116 valence electrons. The van der Waals surface area contributed by atoms with Crippen molar-refractivity contribution in [2.24, 2.45) is 5.92 Å². The molecule has 2 aliphatic rings. The van der Waals surface area contributed by atoms with Crippen molar-refractivity contribution in [1.82, 2.24) is 5.32 Å². The number of carbonyl (C=O) groups is 1. The molecule has 2 fully saturated rings. The first kappa shape index (κ1) is 15.8. The van der Waals surface area contributed by atoms with Crippen molar-refractivity contribution in [3.8, 4) is 0 Å². The van der Waals surface area contributed by atoms with E-state index in [0.717, 1.165) is 32.1 Å². The molecule has 5 nitrogen and oxygen atoms in total. The predicted octanol–water partition coefficient (Wildman–Crippen LogP) is 1.01. The first-order chi connectivity index (χ1) is 9.38. The maximum Gasteiger partial charge on any atom is 0.238 e. The number of nitrogens with one attached hydrogen (secondary N) is 1. The SMILES string of the molecule is CC1CCCC(CO)(NC(=O)C2CCCCS2(=O)=O)C1. The van der Waals surface area contributed by atoms with E-state index in [2.05, 4.69) is 12.2 Å². The van der Waals surface area contributed by atoms with Crippen molar-refractivity contribution in [1.29, 1.82) is 0 Å². The van der Waals surface area contributed by atoms with Gasteiger partial charge in [0.05, 0.1) is 17.9 Å². The molecule has 0 aromatic carbocycles. The number of sulfone groups is 1. The Morgan fingerprint density at radius 3 is 2.65 bits per heavy atom. The minimum Gasteiger partial charge on any atom is -0.394 e. The van der Waals surface area contributed by atoms with Crippen LogP contribution in [0.4, 0.5) is 0 Å². The molecule has 0 radical (unpaired) electrons. The standard InChI is InChI=1S/C14H25NO4S/c1-11-5-4-7-14(9-11,10-16)15-13(17)12-6-2-3-8-20(12,18)19/h11-12,16H,2-10H2,1H3,(H,15,17). The number of rotatable bonds is 3. The van der Waals surface area contributed by atoms with Crippen LogP contribution in [-0.2, 0) is 14.6 Å². The number of aliphatic hydroxyl groups is 1. The minimum absolute atomic E-state index is 0.105. The molecule has 20 heavy (non-hydrogen) atoms. The predicted molar refractivity (Wildman–Crippen MR) is 77.0 cm³/mol. The third-order valence-corrected chi connectivity index (χ3v) is 6.83. The summed E-state index contributed by atoms with van der Waals surface area (Å²) in [5, 5.41) is 11.6. The van der Waals surface area contributed by atoms with Crippen LogP contribution in [-0.4, -0.2) is 42.6 Å². The Bertz CT molecular complexity index is 462. The van der Waals surface area contributed by atoms with Gasteiger partial charge in [0.1, 0.15) is 5.25 Å². The molecule has 1 heterocycles. The van der Waals surface area contributed by atoms with E-state index in [1.165, 1.54) is 0 Å². The van der Waals surface area contributed by atoms with Crippen molar-refractivity contribution in [2.75, 3.05) is 12.4 Å². The Morgan fingerprint density at radius 2 is 2.05 bits per heavy atom. The van der Waals surface area contributed by atoms with E-state index in [4.69, 9.17) is 0 Å². The van der Waals surface area contributed by atoms with Gasteiger partial charge in [-0.25, -0.2) is 8.42 Å². The smallest absolute Gasteiger partial charge is 0.238 e. The van der Waals surface area contributed by atoms with Gasteiger partial charge in [-0.2, -0.15) is 0 Å². The summed E-state index contributed by atoms with van der Waals surface area (Å²) in [6.07, 6.45) is 5.34. The van der Waals surface area contributed by atoms with Gasteiger partial charge in [-0.1, -0.05) is 26.2 Å². The lowest BCUT2D eigenvalue weighted by Gasteiger charge is -2.40. The molecule has 0 aromatic heterocycles. The van der Waals surface area contributed by atoms with Crippen molar-refractivity contribution in [3.63, 3.8) is 0 Å². The molecular weight excluding hydrogens is 278 g/mol. The fourth-order valence-electron chi connectivity index (χ4n) is 3.55. The minimum atomic E-state index is -3.32. The van der Waals surface area contributed by atoms with Gasteiger partial charge >= 0.3 is 0 Å². The highest BCUT2D eigenvalue weighted by molar-refractivity contribution is 7.92. The molecule has 0 spiro atoms. The van der Waals surface area contributed by atoms with Crippen LogP contribution in [0.2, 0.25) is 0 Å². The summed E-state index contributed by atoms with van der Waals surface area (Å²) in [7, 11) is -3.32. The summed E-state index contributed by atoms with van der Waals surface area (Å²) >= 11 is 0. The van der Waals surface area contributed by atoms with Gasteiger partial charge in [0, 0.05) is 0 Å². The van der Waals surface area contributed by atoms with Crippen LogP contribution in [0.25, 0.3) is 0 Å². The molecule has 6 heteroatoms. The summed E-state index contributed by atoms with van der Waals surface area (Å²) in [5.74, 6) is 0.139. The fraction of sp³-hybridized carbons (Fsp3) is 0.929. The third kappa shape index (κ3) is 3.34. The van der Waals surface area contributed by atoms with Crippen LogP contribution in [0.15, 0.2) is 0 Å². The second-order valence-electron chi connectivity index (χ2n) is 6.48. The summed E-state index contributed by atoms with van der Waals surface area (Å²) < 4.78 is 24.0. The molecule has 3 atom stereocenters. The highest BCUT2D eigenvalue weighted by Gasteiger charge is 2.41. The molecule has 1 saturated carbocycles. The Hall–Kier alpha value is -0.620. The van der Waals surface area contributed by atoms with Gasteiger partial charge in [0.15, 0.2) is 9.84 Å². The first-order valence-electron chi connectivity index (χ1n) is 7.53. The van der Waals surface area contributed by atoms with Gasteiger partial charge in [-0.15, -0.1) is 0 Å². The highest BCUT2D eigenvalue weighted by Crippen LogP contribution is 2.32. The van der Waals surface area contributed by atoms with Crippen LogP contribution in [0.1, 0.15) is 51.9 Å². The Morgan fingerprint density at radius 1 is 1.30 bits per heavy atom. The van der Waals surface area contributed by atoms with E-state index >= 15 is 0 Å². The zero-order valence-electron chi connectivity index (χ0n) is 12.1. The summed E-state index contributed by atoms with van der Waals surface area (Å²) in [6, 6.07) is 0. The van der Waals surface area contributed by atoms with E-state index in [-0.39, 0.29) is 12.4 Å². The maximum absolute atomic E-state index is 12.4. The van der Waals surface area contributed by atoms with Gasteiger partial charge in [0.25, 0.3) is 0 Å².